The lowest BCUT2D eigenvalue weighted by Crippen LogP contribution is -2.26. The molecule has 0 bridgehead atoms. The summed E-state index contributed by atoms with van der Waals surface area (Å²) in [6.45, 7) is 3.45. The molecule has 0 saturated carbocycles. The molecule has 0 atom stereocenters. The highest BCUT2D eigenvalue weighted by molar-refractivity contribution is 7.92. The van der Waals surface area contributed by atoms with Crippen molar-refractivity contribution in [1.29, 1.82) is 0 Å². The van der Waals surface area contributed by atoms with Crippen LogP contribution < -0.4 is 5.32 Å². The number of amides is 1. The molecular formula is C23H24F3N3O3S. The van der Waals surface area contributed by atoms with E-state index < -0.39 is 33.2 Å². The largest absolute Gasteiger partial charge is 0.416 e. The molecule has 1 heterocycles. The minimum Gasteiger partial charge on any atom is -0.323 e. The van der Waals surface area contributed by atoms with E-state index in [1.165, 1.54) is 10.7 Å². The van der Waals surface area contributed by atoms with Crippen molar-refractivity contribution in [3.8, 4) is 5.69 Å². The first-order valence-electron chi connectivity index (χ1n) is 10.2. The molecule has 0 spiro atoms. The summed E-state index contributed by atoms with van der Waals surface area (Å²) >= 11 is 0. The first-order chi connectivity index (χ1) is 15.4. The lowest BCUT2D eigenvalue weighted by atomic mass is 10.1. The van der Waals surface area contributed by atoms with Gasteiger partial charge in [0.15, 0.2) is 9.84 Å². The van der Waals surface area contributed by atoms with Crippen molar-refractivity contribution in [3.63, 3.8) is 0 Å². The first-order valence-corrected chi connectivity index (χ1v) is 12.1. The normalized spacial score (nSPS) is 12.0. The summed E-state index contributed by atoms with van der Waals surface area (Å²) in [5.74, 6) is -1.94. The van der Waals surface area contributed by atoms with Crippen LogP contribution in [0.25, 0.3) is 5.69 Å². The molecule has 10 heteroatoms. The molecule has 0 aliphatic carbocycles. The molecule has 176 valence electrons. The number of carbonyl (C=O) groups is 1. The molecule has 1 aromatic heterocycles. The van der Waals surface area contributed by atoms with Crippen molar-refractivity contribution in [3.05, 3.63) is 77.1 Å². The van der Waals surface area contributed by atoms with Crippen molar-refractivity contribution in [2.75, 3.05) is 16.8 Å². The van der Waals surface area contributed by atoms with E-state index >= 15 is 0 Å². The molecule has 3 aromatic rings. The van der Waals surface area contributed by atoms with Gasteiger partial charge in [0, 0.05) is 5.69 Å². The Bertz CT molecular complexity index is 1240. The van der Waals surface area contributed by atoms with E-state index in [1.807, 2.05) is 30.3 Å². The monoisotopic (exact) mass is 479 g/mol. The topological polar surface area (TPSA) is 81.1 Å². The standard InChI is InChI=1S/C23H24F3N3O3S/c1-16-13-17(2)29(28-16)21-11-10-19(23(24,25)26)14-20(21)27-22(30)15-33(31,32)12-6-9-18-7-4-3-5-8-18/h3-5,7-8,10-11,13-14H,6,9,12,15H2,1-2H3,(H,27,30). The number of aromatic nitrogens is 2. The summed E-state index contributed by atoms with van der Waals surface area (Å²) in [5.41, 5.74) is 1.36. The van der Waals surface area contributed by atoms with Crippen LogP contribution >= 0.6 is 0 Å². The number of hydrogen-bond acceptors (Lipinski definition) is 4. The van der Waals surface area contributed by atoms with E-state index in [9.17, 15) is 26.4 Å². The van der Waals surface area contributed by atoms with Gasteiger partial charge in [-0.15, -0.1) is 0 Å². The zero-order valence-corrected chi connectivity index (χ0v) is 19.0. The number of nitrogens with zero attached hydrogens (tertiary/aromatic N) is 2. The van der Waals surface area contributed by atoms with Crippen molar-refractivity contribution in [2.45, 2.75) is 32.9 Å². The Morgan fingerprint density at radius 2 is 1.76 bits per heavy atom. The van der Waals surface area contributed by atoms with Crippen molar-refractivity contribution in [2.24, 2.45) is 0 Å². The van der Waals surface area contributed by atoms with E-state index in [0.717, 1.165) is 17.7 Å². The Morgan fingerprint density at radius 3 is 2.36 bits per heavy atom. The van der Waals surface area contributed by atoms with Crippen LogP contribution in [-0.4, -0.2) is 35.6 Å². The van der Waals surface area contributed by atoms with Gasteiger partial charge in [-0.25, -0.2) is 13.1 Å². The number of hydrogen-bond donors (Lipinski definition) is 1. The van der Waals surface area contributed by atoms with Crippen molar-refractivity contribution < 1.29 is 26.4 Å². The molecular weight excluding hydrogens is 455 g/mol. The maximum absolute atomic E-state index is 13.2. The molecule has 0 unspecified atom stereocenters. The van der Waals surface area contributed by atoms with Crippen LogP contribution in [0.15, 0.2) is 54.6 Å². The summed E-state index contributed by atoms with van der Waals surface area (Å²) in [5, 5.41) is 6.59. The molecule has 6 nitrogen and oxygen atoms in total. The van der Waals surface area contributed by atoms with Crippen LogP contribution in [-0.2, 0) is 27.2 Å². The van der Waals surface area contributed by atoms with E-state index in [4.69, 9.17) is 0 Å². The lowest BCUT2D eigenvalue weighted by Gasteiger charge is -2.16. The van der Waals surface area contributed by atoms with Crippen molar-refractivity contribution in [1.82, 2.24) is 9.78 Å². The van der Waals surface area contributed by atoms with Crippen LogP contribution in [0.5, 0.6) is 0 Å². The average molecular weight is 480 g/mol. The molecule has 0 fully saturated rings. The summed E-state index contributed by atoms with van der Waals surface area (Å²) < 4.78 is 65.9. The predicted molar refractivity (Wildman–Crippen MR) is 120 cm³/mol. The number of carbonyl (C=O) groups excluding carboxylic acids is 1. The molecule has 0 aliphatic heterocycles. The summed E-state index contributed by atoms with van der Waals surface area (Å²) in [6, 6.07) is 13.9. The van der Waals surface area contributed by atoms with Crippen molar-refractivity contribution >= 4 is 21.4 Å². The highest BCUT2D eigenvalue weighted by Crippen LogP contribution is 2.33. The van der Waals surface area contributed by atoms with Gasteiger partial charge >= 0.3 is 6.18 Å². The molecule has 0 aliphatic rings. The van der Waals surface area contributed by atoms with E-state index in [-0.39, 0.29) is 17.1 Å². The Labute approximate surface area is 190 Å². The predicted octanol–water partition coefficient (Wildman–Crippen LogP) is 4.49. The highest BCUT2D eigenvalue weighted by atomic mass is 32.2. The highest BCUT2D eigenvalue weighted by Gasteiger charge is 2.31. The van der Waals surface area contributed by atoms with Gasteiger partial charge in [0.25, 0.3) is 0 Å². The number of sulfone groups is 1. The third-order valence-corrected chi connectivity index (χ3v) is 6.56. The second kappa shape index (κ2) is 9.78. The van der Waals surface area contributed by atoms with E-state index in [0.29, 0.717) is 24.2 Å². The first kappa shape index (κ1) is 24.5. The summed E-state index contributed by atoms with van der Waals surface area (Å²) in [4.78, 5) is 12.5. The molecule has 2 aromatic carbocycles. The van der Waals surface area contributed by atoms with Gasteiger partial charge in [-0.3, -0.25) is 4.79 Å². The molecule has 0 radical (unpaired) electrons. The molecule has 1 N–H and O–H groups in total. The quantitative estimate of drug-likeness (QED) is 0.516. The zero-order chi connectivity index (χ0) is 24.2. The second-order valence-corrected chi connectivity index (χ2v) is 9.98. The van der Waals surface area contributed by atoms with Gasteiger partial charge in [0.2, 0.25) is 5.91 Å². The minimum atomic E-state index is -4.63. The third kappa shape index (κ3) is 6.67. The maximum atomic E-state index is 13.2. The molecule has 3 rings (SSSR count). The van der Waals surface area contributed by atoms with Crippen LogP contribution in [0.3, 0.4) is 0 Å². The SMILES string of the molecule is Cc1cc(C)n(-c2ccc(C(F)(F)F)cc2NC(=O)CS(=O)(=O)CCCc2ccccc2)n1. The number of halogens is 3. The summed E-state index contributed by atoms with van der Waals surface area (Å²) in [6.07, 6.45) is -3.76. The van der Waals surface area contributed by atoms with Crippen LogP contribution in [0.2, 0.25) is 0 Å². The molecule has 1 amide bonds. The van der Waals surface area contributed by atoms with Gasteiger partial charge in [-0.05, 0) is 56.5 Å². The maximum Gasteiger partial charge on any atom is 0.416 e. The van der Waals surface area contributed by atoms with Crippen LogP contribution in [0.4, 0.5) is 18.9 Å². The Kier molecular flexibility index (Phi) is 7.26. The van der Waals surface area contributed by atoms with E-state index in [1.54, 1.807) is 19.9 Å². The van der Waals surface area contributed by atoms with Crippen LogP contribution in [0, 0.1) is 13.8 Å². The Morgan fingerprint density at radius 1 is 1.06 bits per heavy atom. The number of anilines is 1. The number of rotatable bonds is 8. The number of nitrogens with one attached hydrogen (secondary N) is 1. The fourth-order valence-electron chi connectivity index (χ4n) is 3.47. The smallest absolute Gasteiger partial charge is 0.323 e. The Hall–Kier alpha value is -3.14. The minimum absolute atomic E-state index is 0.166. The summed E-state index contributed by atoms with van der Waals surface area (Å²) in [7, 11) is -3.75. The third-order valence-electron chi connectivity index (χ3n) is 4.95. The average Bonchev–Trinajstić information content (AvgIpc) is 3.05. The number of benzene rings is 2. The molecule has 33 heavy (non-hydrogen) atoms. The van der Waals surface area contributed by atoms with Gasteiger partial charge in [-0.2, -0.15) is 18.3 Å². The van der Waals surface area contributed by atoms with Gasteiger partial charge < -0.3 is 5.32 Å². The van der Waals surface area contributed by atoms with Crippen LogP contribution in [0.1, 0.15) is 28.9 Å². The van der Waals surface area contributed by atoms with Gasteiger partial charge in [0.1, 0.15) is 5.75 Å². The molecule has 0 saturated heterocycles. The fraction of sp³-hybridized carbons (Fsp3) is 0.304. The lowest BCUT2D eigenvalue weighted by molar-refractivity contribution is -0.137. The Balaban J connectivity index is 1.76. The van der Waals surface area contributed by atoms with Gasteiger partial charge in [-0.1, -0.05) is 30.3 Å². The fourth-order valence-corrected chi connectivity index (χ4v) is 4.67. The number of alkyl halides is 3. The second-order valence-electron chi connectivity index (χ2n) is 7.80. The van der Waals surface area contributed by atoms with E-state index in [2.05, 4.69) is 10.4 Å². The zero-order valence-electron chi connectivity index (χ0n) is 18.2. The van der Waals surface area contributed by atoms with Gasteiger partial charge in [0.05, 0.1) is 28.4 Å². The number of aryl methyl sites for hydroxylation is 3.